The molecule has 0 radical (unpaired) electrons. The van der Waals surface area contributed by atoms with Gasteiger partial charge in [-0.1, -0.05) is 6.08 Å². The molecule has 0 aromatic heterocycles. The van der Waals surface area contributed by atoms with Gasteiger partial charge in [-0.2, -0.15) is 0 Å². The van der Waals surface area contributed by atoms with Crippen molar-refractivity contribution < 1.29 is 0 Å². The highest BCUT2D eigenvalue weighted by Crippen LogP contribution is 1.52. The molecule has 2 N–H and O–H groups in total. The van der Waals surface area contributed by atoms with Crippen molar-refractivity contribution in [2.45, 2.75) is 0 Å². The van der Waals surface area contributed by atoms with Crippen LogP contribution < -0.4 is 5.73 Å². The van der Waals surface area contributed by atoms with Crippen LogP contribution in [-0.4, -0.2) is 16.8 Å². The molecule has 6 heavy (non-hydrogen) atoms. The molecular weight excluding hydrogens is 114 g/mol. The van der Waals surface area contributed by atoms with Crippen molar-refractivity contribution in [3.8, 4) is 0 Å². The molecule has 0 heterocycles. The second kappa shape index (κ2) is 8.96. The molecule has 0 saturated heterocycles. The predicted molar refractivity (Wildman–Crippen MR) is 35.4 cm³/mol. The van der Waals surface area contributed by atoms with E-state index in [1.54, 1.807) is 0 Å². The zero-order valence-corrected chi connectivity index (χ0v) is 6.66. The van der Waals surface area contributed by atoms with E-state index in [-0.39, 0.29) is 12.4 Å². The molecule has 1 nitrogen and oxygen atoms in total. The molecule has 0 saturated carbocycles. The van der Waals surface area contributed by atoms with Gasteiger partial charge in [-0.15, -0.1) is 18.1 Å². The quantitative estimate of drug-likeness (QED) is 0.456. The van der Waals surface area contributed by atoms with Crippen LogP contribution in [0.2, 0.25) is 0 Å². The molecule has 0 spiro atoms. The molecule has 0 bridgehead atoms. The van der Waals surface area contributed by atoms with Gasteiger partial charge in [-0.3, -0.25) is 0 Å². The van der Waals surface area contributed by atoms with Gasteiger partial charge in [-0.05, 0) is 0 Å². The fraction of sp³-hybridized carbons (Fsp3) is 0.333. The molecule has 0 aliphatic rings. The van der Waals surface area contributed by atoms with E-state index >= 15 is 0 Å². The first-order valence-electron chi connectivity index (χ1n) is 1.73. The lowest BCUT2D eigenvalue weighted by molar-refractivity contribution is 1.26. The number of halogens is 1. The largest absolute Gasteiger partial charge is 0.327 e. The second-order valence-corrected chi connectivity index (χ2v) is 1.47. The molecule has 0 aromatic carbocycles. The first-order valence-corrected chi connectivity index (χ1v) is 2.88. The van der Waals surface area contributed by atoms with E-state index < -0.39 is 0 Å². The molecule has 0 atom stereocenters. The van der Waals surface area contributed by atoms with Gasteiger partial charge >= 0.3 is 0 Å². The van der Waals surface area contributed by atoms with Crippen molar-refractivity contribution in [2.24, 2.45) is 5.73 Å². The summed E-state index contributed by atoms with van der Waals surface area (Å²) >= 11 is 0. The highest BCUT2D eigenvalue weighted by molar-refractivity contribution is 6.16. The van der Waals surface area contributed by atoms with E-state index in [1.807, 2.05) is 6.08 Å². The van der Waals surface area contributed by atoms with Crippen molar-refractivity contribution in [3.63, 3.8) is 0 Å². The van der Waals surface area contributed by atoms with Crippen LogP contribution in [0.25, 0.3) is 0 Å². The maximum atomic E-state index is 5.07. The highest BCUT2D eigenvalue weighted by atomic mass is 35.5. The average molecular weight is 124 g/mol. The Balaban J connectivity index is 0. The Hall–Kier alpha value is 0.207. The number of hydrogen-bond donors (Lipinski definition) is 1. The van der Waals surface area contributed by atoms with Crippen LogP contribution in [0.4, 0.5) is 0 Å². The van der Waals surface area contributed by atoms with Gasteiger partial charge in [0.1, 0.15) is 0 Å². The molecule has 0 unspecified atom stereocenters. The Morgan fingerprint density at radius 2 is 2.17 bits per heavy atom. The van der Waals surface area contributed by atoms with Gasteiger partial charge in [0.05, 0.1) is 0 Å². The van der Waals surface area contributed by atoms with Crippen LogP contribution in [0.1, 0.15) is 0 Å². The predicted octanol–water partition coefficient (Wildman–Crippen LogP) is -0.754. The normalized spacial score (nSPS) is 8.83. The first kappa shape index (κ1) is 9.51. The minimum Gasteiger partial charge on any atom is -0.327 e. The van der Waals surface area contributed by atoms with E-state index in [0.717, 1.165) is 10.2 Å². The zero-order chi connectivity index (χ0) is 4.12. The zero-order valence-electron chi connectivity index (χ0n) is 3.85. The van der Waals surface area contributed by atoms with Crippen molar-refractivity contribution in [1.29, 1.82) is 0 Å². The SMILES string of the molecule is Cl.NCC=C[SiH3]. The van der Waals surface area contributed by atoms with Crippen molar-refractivity contribution in [2.75, 3.05) is 6.54 Å². The minimum atomic E-state index is 0. The molecule has 38 valence electrons. The fourth-order valence-electron chi connectivity index (χ4n) is 0.136. The Morgan fingerprint density at radius 1 is 1.67 bits per heavy atom. The Kier molecular flexibility index (Phi) is 14.2. The third-order valence-corrected chi connectivity index (χ3v) is 0.843. The van der Waals surface area contributed by atoms with Crippen LogP contribution >= 0.6 is 12.4 Å². The summed E-state index contributed by atoms with van der Waals surface area (Å²) in [6.45, 7) is 0.698. The standard InChI is InChI=1S/C3H9NSi.ClH/c4-2-1-3-5;/h1,3H,2,4H2,5H3;1H. The van der Waals surface area contributed by atoms with Crippen LogP contribution in [0.3, 0.4) is 0 Å². The smallest absolute Gasteiger partial charge is 0.0287 e. The molecule has 0 fully saturated rings. The minimum absolute atomic E-state index is 0. The highest BCUT2D eigenvalue weighted by Gasteiger charge is 1.51. The van der Waals surface area contributed by atoms with Gasteiger partial charge in [0.25, 0.3) is 0 Å². The molecule has 0 aromatic rings. The van der Waals surface area contributed by atoms with Crippen molar-refractivity contribution in [3.05, 3.63) is 11.8 Å². The Bertz CT molecular complexity index is 37.8. The van der Waals surface area contributed by atoms with Gasteiger partial charge in [0.2, 0.25) is 0 Å². The van der Waals surface area contributed by atoms with E-state index in [2.05, 4.69) is 5.70 Å². The molecule has 0 aliphatic carbocycles. The van der Waals surface area contributed by atoms with E-state index in [9.17, 15) is 0 Å². The number of rotatable bonds is 1. The average Bonchev–Trinajstić information content (AvgIpc) is 1.41. The van der Waals surface area contributed by atoms with Crippen LogP contribution in [0, 0.1) is 0 Å². The summed E-state index contributed by atoms with van der Waals surface area (Å²) in [5, 5.41) is 0. The van der Waals surface area contributed by atoms with Crippen molar-refractivity contribution in [1.82, 2.24) is 0 Å². The number of hydrogen-bond acceptors (Lipinski definition) is 1. The van der Waals surface area contributed by atoms with Gasteiger partial charge in [-0.25, -0.2) is 0 Å². The third-order valence-electron chi connectivity index (χ3n) is 0.372. The first-order chi connectivity index (χ1) is 2.41. The Morgan fingerprint density at radius 3 is 2.17 bits per heavy atom. The maximum absolute atomic E-state index is 5.07. The summed E-state index contributed by atoms with van der Waals surface area (Å²) < 4.78 is 0. The second-order valence-electron chi connectivity index (χ2n) is 0.805. The van der Waals surface area contributed by atoms with Gasteiger partial charge in [0.15, 0.2) is 0 Å². The fourth-order valence-corrected chi connectivity index (χ4v) is 0.408. The lowest BCUT2D eigenvalue weighted by Gasteiger charge is -1.67. The van der Waals surface area contributed by atoms with E-state index in [4.69, 9.17) is 5.73 Å². The third kappa shape index (κ3) is 8.88. The summed E-state index contributed by atoms with van der Waals surface area (Å²) in [7, 11) is 1.14. The summed E-state index contributed by atoms with van der Waals surface area (Å²) in [4.78, 5) is 0. The lowest BCUT2D eigenvalue weighted by atomic mass is 10.7. The molecule has 3 heteroatoms. The summed E-state index contributed by atoms with van der Waals surface area (Å²) in [6, 6.07) is 0. The summed E-state index contributed by atoms with van der Waals surface area (Å²) in [6.07, 6.45) is 1.96. The number of nitrogens with two attached hydrogens (primary N) is 1. The van der Waals surface area contributed by atoms with Gasteiger partial charge < -0.3 is 5.73 Å². The van der Waals surface area contributed by atoms with Crippen molar-refractivity contribution >= 4 is 22.6 Å². The summed E-state index contributed by atoms with van der Waals surface area (Å²) in [5.74, 6) is 0. The Labute approximate surface area is 47.4 Å². The molecule has 0 aliphatic heterocycles. The molecule has 0 amide bonds. The van der Waals surface area contributed by atoms with Gasteiger partial charge in [0, 0.05) is 16.8 Å². The monoisotopic (exact) mass is 123 g/mol. The molecular formula is C3H10ClNSi. The molecule has 0 rings (SSSR count). The van der Waals surface area contributed by atoms with Crippen LogP contribution in [0.15, 0.2) is 11.8 Å². The van der Waals surface area contributed by atoms with Crippen LogP contribution in [0.5, 0.6) is 0 Å². The maximum Gasteiger partial charge on any atom is 0.0287 e. The van der Waals surface area contributed by atoms with Crippen LogP contribution in [-0.2, 0) is 0 Å². The van der Waals surface area contributed by atoms with E-state index in [0.29, 0.717) is 6.54 Å². The van der Waals surface area contributed by atoms with E-state index in [1.165, 1.54) is 0 Å². The topological polar surface area (TPSA) is 26.0 Å². The lowest BCUT2D eigenvalue weighted by Crippen LogP contribution is -1.91. The summed E-state index contributed by atoms with van der Waals surface area (Å²) in [5.41, 5.74) is 7.14.